The number of rotatable bonds is 9. The fourth-order valence-electron chi connectivity index (χ4n) is 3.45. The molecule has 9 nitrogen and oxygen atoms in total. The lowest BCUT2D eigenvalue weighted by Gasteiger charge is -2.33. The minimum atomic E-state index is -3.52. The first-order valence-electron chi connectivity index (χ1n) is 10.2. The molecule has 1 aromatic heterocycles. The molecule has 1 atom stereocenters. The van der Waals surface area contributed by atoms with Crippen LogP contribution in [0.25, 0.3) is 0 Å². The zero-order valence-corrected chi connectivity index (χ0v) is 19.1. The monoisotopic (exact) mass is 469 g/mol. The number of methoxy groups -OCH3 is 1. The van der Waals surface area contributed by atoms with Crippen LogP contribution in [0, 0.1) is 12.7 Å². The molecule has 1 aliphatic rings. The third kappa shape index (κ3) is 6.35. The van der Waals surface area contributed by atoms with E-state index in [2.05, 4.69) is 14.9 Å². The number of aliphatic hydroxyl groups excluding tert-OH is 1. The highest BCUT2D eigenvalue weighted by atomic mass is 32.2. The summed E-state index contributed by atoms with van der Waals surface area (Å²) in [7, 11) is -1.96. The van der Waals surface area contributed by atoms with Crippen molar-refractivity contribution in [1.82, 2.24) is 14.9 Å². The maximum absolute atomic E-state index is 14.4. The van der Waals surface area contributed by atoms with Crippen molar-refractivity contribution < 1.29 is 32.1 Å². The second-order valence-electron chi connectivity index (χ2n) is 7.80. The lowest BCUT2D eigenvalue weighted by molar-refractivity contribution is 0.0200. The van der Waals surface area contributed by atoms with E-state index in [0.717, 1.165) is 38.3 Å². The lowest BCUT2D eigenvalue weighted by atomic mass is 10.1. The summed E-state index contributed by atoms with van der Waals surface area (Å²) in [4.78, 5) is 10.3. The van der Waals surface area contributed by atoms with Gasteiger partial charge < -0.3 is 24.2 Å². The van der Waals surface area contributed by atoms with Crippen LogP contribution in [-0.4, -0.2) is 80.2 Å². The van der Waals surface area contributed by atoms with Gasteiger partial charge in [-0.15, -0.1) is 0 Å². The predicted molar refractivity (Wildman–Crippen MR) is 114 cm³/mol. The van der Waals surface area contributed by atoms with Gasteiger partial charge in [-0.25, -0.2) is 22.8 Å². The highest BCUT2D eigenvalue weighted by molar-refractivity contribution is 7.90. The van der Waals surface area contributed by atoms with Gasteiger partial charge in [0.15, 0.2) is 21.4 Å². The average Bonchev–Trinajstić information content (AvgIpc) is 2.73. The number of aromatic nitrogens is 2. The van der Waals surface area contributed by atoms with Gasteiger partial charge in [0.05, 0.1) is 23.2 Å². The van der Waals surface area contributed by atoms with Crippen molar-refractivity contribution in [3.63, 3.8) is 0 Å². The molecule has 1 N–H and O–H groups in total. The summed E-state index contributed by atoms with van der Waals surface area (Å²) < 4.78 is 54.1. The van der Waals surface area contributed by atoms with Gasteiger partial charge in [0.25, 0.3) is 0 Å². The smallest absolute Gasteiger partial charge is 0.229 e. The molecule has 1 aliphatic heterocycles. The van der Waals surface area contributed by atoms with E-state index in [1.54, 1.807) is 14.0 Å². The second-order valence-corrected chi connectivity index (χ2v) is 9.82. The predicted octanol–water partition coefficient (Wildman–Crippen LogP) is 1.97. The van der Waals surface area contributed by atoms with Crippen molar-refractivity contribution >= 4 is 9.84 Å². The van der Waals surface area contributed by atoms with Crippen LogP contribution in [0.5, 0.6) is 17.5 Å². The molecule has 11 heteroatoms. The topological polar surface area (TPSA) is 111 Å². The Kier molecular flexibility index (Phi) is 7.99. The van der Waals surface area contributed by atoms with E-state index in [-0.39, 0.29) is 22.6 Å². The van der Waals surface area contributed by atoms with Gasteiger partial charge in [0, 0.05) is 33.0 Å². The largest absolute Gasteiger partial charge is 0.474 e. The summed E-state index contributed by atoms with van der Waals surface area (Å²) in [6.45, 7) is 4.11. The van der Waals surface area contributed by atoms with E-state index in [1.807, 2.05) is 0 Å². The lowest BCUT2D eigenvalue weighted by Crippen LogP contribution is -2.42. The zero-order chi connectivity index (χ0) is 23.3. The molecule has 1 aromatic carbocycles. The first-order valence-corrected chi connectivity index (χ1v) is 12.1. The first kappa shape index (κ1) is 24.3. The van der Waals surface area contributed by atoms with Crippen molar-refractivity contribution in [1.29, 1.82) is 0 Å². The maximum atomic E-state index is 14.4. The molecule has 0 aliphatic carbocycles. The normalized spacial score (nSPS) is 16.7. The van der Waals surface area contributed by atoms with E-state index in [9.17, 15) is 17.9 Å². The van der Waals surface area contributed by atoms with Gasteiger partial charge in [0.2, 0.25) is 11.8 Å². The molecule has 0 spiro atoms. The molecule has 3 rings (SSSR count). The Morgan fingerprint density at radius 1 is 1.25 bits per heavy atom. The standard InChI is InChI=1S/C21H28FN3O6S/c1-14-20(30-16-6-8-25(9-7-16)11-15(26)12-29-2)23-13-24-21(14)31-19-5-4-17(10-18(19)22)32(3,27)28/h4-5,10,13,15-16,26H,6-9,11-12H2,1-3H3. The molecular weight excluding hydrogens is 441 g/mol. The fraction of sp³-hybridized carbons (Fsp3) is 0.524. The minimum absolute atomic E-state index is 0.0574. The van der Waals surface area contributed by atoms with Gasteiger partial charge >= 0.3 is 0 Å². The van der Waals surface area contributed by atoms with Crippen molar-refractivity contribution in [2.45, 2.75) is 36.9 Å². The second kappa shape index (κ2) is 10.5. The molecule has 32 heavy (non-hydrogen) atoms. The minimum Gasteiger partial charge on any atom is -0.474 e. The van der Waals surface area contributed by atoms with Gasteiger partial charge in [-0.1, -0.05) is 0 Å². The number of halogens is 1. The van der Waals surface area contributed by atoms with Gasteiger partial charge in [0.1, 0.15) is 12.4 Å². The summed E-state index contributed by atoms with van der Waals surface area (Å²) >= 11 is 0. The summed E-state index contributed by atoms with van der Waals surface area (Å²) in [5.74, 6) is -0.480. The Morgan fingerprint density at radius 3 is 2.56 bits per heavy atom. The number of aliphatic hydroxyl groups is 1. The Morgan fingerprint density at radius 2 is 1.94 bits per heavy atom. The quantitative estimate of drug-likeness (QED) is 0.589. The molecule has 1 unspecified atom stereocenters. The summed E-state index contributed by atoms with van der Waals surface area (Å²) in [5.41, 5.74) is 0.511. The summed E-state index contributed by atoms with van der Waals surface area (Å²) in [6, 6.07) is 3.44. The maximum Gasteiger partial charge on any atom is 0.229 e. The van der Waals surface area contributed by atoms with Crippen molar-refractivity contribution in [2.24, 2.45) is 0 Å². The molecule has 2 heterocycles. The van der Waals surface area contributed by atoms with E-state index < -0.39 is 21.8 Å². The zero-order valence-electron chi connectivity index (χ0n) is 18.3. The van der Waals surface area contributed by atoms with Crippen LogP contribution in [0.15, 0.2) is 29.4 Å². The highest BCUT2D eigenvalue weighted by Crippen LogP contribution is 2.31. The Balaban J connectivity index is 1.63. The van der Waals surface area contributed by atoms with Gasteiger partial charge in [-0.05, 0) is 38.0 Å². The number of nitrogens with zero attached hydrogens (tertiary/aromatic N) is 3. The average molecular weight is 470 g/mol. The number of piperidine rings is 1. The summed E-state index contributed by atoms with van der Waals surface area (Å²) in [5, 5.41) is 9.88. The van der Waals surface area contributed by atoms with Crippen LogP contribution in [0.4, 0.5) is 4.39 Å². The van der Waals surface area contributed by atoms with Crippen molar-refractivity contribution in [2.75, 3.05) is 39.6 Å². The Bertz CT molecular complexity index is 1030. The molecule has 1 saturated heterocycles. The van der Waals surface area contributed by atoms with Crippen LogP contribution >= 0.6 is 0 Å². The van der Waals surface area contributed by atoms with Crippen LogP contribution in [0.3, 0.4) is 0 Å². The Hall–Kier alpha value is -2.34. The van der Waals surface area contributed by atoms with E-state index >= 15 is 0 Å². The number of sulfone groups is 1. The third-order valence-electron chi connectivity index (χ3n) is 5.17. The van der Waals surface area contributed by atoms with E-state index in [4.69, 9.17) is 14.2 Å². The molecular formula is C21H28FN3O6S. The van der Waals surface area contributed by atoms with E-state index in [1.165, 1.54) is 18.5 Å². The van der Waals surface area contributed by atoms with Crippen molar-refractivity contribution in [3.8, 4) is 17.5 Å². The van der Waals surface area contributed by atoms with Gasteiger partial charge in [-0.2, -0.15) is 0 Å². The van der Waals surface area contributed by atoms with E-state index in [0.29, 0.717) is 24.6 Å². The first-order chi connectivity index (χ1) is 15.2. The van der Waals surface area contributed by atoms with Crippen LogP contribution in [0.2, 0.25) is 0 Å². The molecule has 176 valence electrons. The Labute approximate surface area is 187 Å². The number of hydrogen-bond donors (Lipinski definition) is 1. The molecule has 2 aromatic rings. The number of benzene rings is 1. The van der Waals surface area contributed by atoms with Crippen LogP contribution in [0.1, 0.15) is 18.4 Å². The molecule has 0 radical (unpaired) electrons. The molecule has 0 saturated carbocycles. The SMILES string of the molecule is COCC(O)CN1CCC(Oc2ncnc(Oc3ccc(S(C)(=O)=O)cc3F)c2C)CC1. The number of β-amino-alcohol motifs (C(OH)–C–C–N with tert-alkyl or cyclic N) is 1. The third-order valence-corrected chi connectivity index (χ3v) is 6.28. The van der Waals surface area contributed by atoms with Crippen molar-refractivity contribution in [3.05, 3.63) is 35.9 Å². The molecule has 0 amide bonds. The van der Waals surface area contributed by atoms with Gasteiger partial charge in [-0.3, -0.25) is 0 Å². The van der Waals surface area contributed by atoms with Crippen LogP contribution in [-0.2, 0) is 14.6 Å². The molecule has 0 bridgehead atoms. The molecule has 1 fully saturated rings. The summed E-state index contributed by atoms with van der Waals surface area (Å²) in [6.07, 6.45) is 3.23. The number of likely N-dealkylation sites (tertiary alicyclic amines) is 1. The number of hydrogen-bond acceptors (Lipinski definition) is 9. The van der Waals surface area contributed by atoms with Crippen LogP contribution < -0.4 is 9.47 Å². The number of ether oxygens (including phenoxy) is 3. The fourth-order valence-corrected chi connectivity index (χ4v) is 4.08. The highest BCUT2D eigenvalue weighted by Gasteiger charge is 2.24.